The van der Waals surface area contributed by atoms with Crippen LogP contribution >= 0.6 is 11.3 Å². The quantitative estimate of drug-likeness (QED) is 0.126. The van der Waals surface area contributed by atoms with Crippen molar-refractivity contribution in [3.63, 3.8) is 0 Å². The molecule has 5 aromatic rings. The Morgan fingerprint density at radius 2 is 1.61 bits per heavy atom. The lowest BCUT2D eigenvalue weighted by atomic mass is 9.85. The Morgan fingerprint density at radius 1 is 0.919 bits per heavy atom. The number of likely N-dealkylation sites (N-methyl/N-ethyl adjacent to an activating group) is 1. The number of nitrogens with zero attached hydrogens (tertiary/aromatic N) is 7. The van der Waals surface area contributed by atoms with Crippen LogP contribution < -0.4 is 15.5 Å². The van der Waals surface area contributed by atoms with E-state index in [1.54, 1.807) is 29.7 Å². The van der Waals surface area contributed by atoms with Crippen molar-refractivity contribution in [1.82, 2.24) is 40.5 Å². The molecule has 3 amide bonds. The molecule has 2 unspecified atom stereocenters. The monoisotopic (exact) mass is 859 g/mol. The molecule has 0 radical (unpaired) electrons. The minimum Gasteiger partial charge on any atom is -0.507 e. The zero-order valence-electron chi connectivity index (χ0n) is 36.3. The first-order chi connectivity index (χ1) is 29.6. The Bertz CT molecular complexity index is 2340. The number of aromatic nitrogens is 3. The van der Waals surface area contributed by atoms with Gasteiger partial charge in [0.25, 0.3) is 0 Å². The van der Waals surface area contributed by atoms with Crippen LogP contribution in [0.3, 0.4) is 0 Å². The Kier molecular flexibility index (Phi) is 13.7. The maximum absolute atomic E-state index is 14.4. The molecule has 2 fully saturated rings. The molecular weight excluding hydrogens is 803 g/mol. The molecule has 15 heteroatoms. The van der Waals surface area contributed by atoms with Gasteiger partial charge in [-0.1, -0.05) is 69.3 Å². The lowest BCUT2D eigenvalue weighted by Gasteiger charge is -2.38. The van der Waals surface area contributed by atoms with Crippen LogP contribution in [0.4, 0.5) is 5.69 Å². The van der Waals surface area contributed by atoms with Crippen LogP contribution in [0.15, 0.2) is 90.6 Å². The summed E-state index contributed by atoms with van der Waals surface area (Å²) in [4.78, 5) is 55.4. The van der Waals surface area contributed by atoms with Crippen molar-refractivity contribution in [2.24, 2.45) is 5.41 Å². The molecule has 2 aliphatic rings. The number of phenols is 1. The zero-order chi connectivity index (χ0) is 44.1. The molecule has 62 heavy (non-hydrogen) atoms. The first-order valence-electron chi connectivity index (χ1n) is 21.1. The number of β-amino-alcohol motifs (C(OH)–C–C–N with tert-alkyl or cyclic N) is 1. The molecule has 2 aliphatic heterocycles. The maximum Gasteiger partial charge on any atom is 0.246 e. The average molecular weight is 860 g/mol. The first kappa shape index (κ1) is 44.3. The molecule has 4 atom stereocenters. The first-order valence-corrected chi connectivity index (χ1v) is 21.9. The number of aryl methyl sites for hydroxylation is 1. The molecular formula is C47H57N9O5S. The van der Waals surface area contributed by atoms with E-state index < -0.39 is 23.6 Å². The number of aliphatic hydroxyl groups is 1. The number of aromatic hydroxyl groups is 1. The van der Waals surface area contributed by atoms with Crippen LogP contribution in [-0.2, 0) is 14.4 Å². The highest BCUT2D eigenvalue weighted by molar-refractivity contribution is 7.13. The van der Waals surface area contributed by atoms with Gasteiger partial charge in [0.1, 0.15) is 17.8 Å². The summed E-state index contributed by atoms with van der Waals surface area (Å²) in [6.07, 6.45) is 0.942. The van der Waals surface area contributed by atoms with Crippen molar-refractivity contribution in [1.29, 1.82) is 0 Å². The zero-order valence-corrected chi connectivity index (χ0v) is 37.1. The number of anilines is 1. The third-order valence-electron chi connectivity index (χ3n) is 11.6. The number of piperazine rings is 1. The van der Waals surface area contributed by atoms with E-state index in [2.05, 4.69) is 47.7 Å². The second-order valence-electron chi connectivity index (χ2n) is 17.6. The molecule has 3 aromatic carbocycles. The number of thiazole rings is 1. The lowest BCUT2D eigenvalue weighted by Crippen LogP contribution is -2.59. The van der Waals surface area contributed by atoms with Crippen LogP contribution in [0.2, 0.25) is 0 Å². The highest BCUT2D eigenvalue weighted by Gasteiger charge is 2.45. The highest BCUT2D eigenvalue weighted by atomic mass is 32.1. The summed E-state index contributed by atoms with van der Waals surface area (Å²) in [5, 5.41) is 35.7. The molecule has 0 saturated carbocycles. The normalized spacial score (nSPS) is 18.1. The minimum absolute atomic E-state index is 0.00226. The van der Waals surface area contributed by atoms with Crippen molar-refractivity contribution in [2.75, 3.05) is 64.8 Å². The molecule has 2 saturated heterocycles. The molecule has 4 heterocycles. The lowest BCUT2D eigenvalue weighted by molar-refractivity contribution is -0.144. The van der Waals surface area contributed by atoms with E-state index in [1.165, 1.54) is 4.90 Å². The summed E-state index contributed by atoms with van der Waals surface area (Å²) >= 11 is 1.59. The fraction of sp³-hybridized carbons (Fsp3) is 0.404. The molecule has 0 spiro atoms. The van der Waals surface area contributed by atoms with E-state index >= 15 is 0 Å². The van der Waals surface area contributed by atoms with Crippen molar-refractivity contribution in [3.05, 3.63) is 102 Å². The molecule has 326 valence electrons. The number of rotatable bonds is 13. The average Bonchev–Trinajstić information content (AvgIpc) is 3.87. The van der Waals surface area contributed by atoms with Gasteiger partial charge in [0.05, 0.1) is 46.7 Å². The molecule has 0 bridgehead atoms. The summed E-state index contributed by atoms with van der Waals surface area (Å²) in [5.74, 6) is -0.851. The summed E-state index contributed by atoms with van der Waals surface area (Å²) in [7, 11) is 3.88. The molecule has 0 aliphatic carbocycles. The predicted octanol–water partition coefficient (Wildman–Crippen LogP) is 4.98. The number of aliphatic hydroxyl groups excluding tert-OH is 1. The summed E-state index contributed by atoms with van der Waals surface area (Å²) in [6, 6.07) is 23.1. The molecule has 14 nitrogen and oxygen atoms in total. The molecule has 2 aromatic heterocycles. The number of para-hydroxylation sites is 1. The van der Waals surface area contributed by atoms with Gasteiger partial charge in [-0.3, -0.25) is 19.3 Å². The smallest absolute Gasteiger partial charge is 0.246 e. The summed E-state index contributed by atoms with van der Waals surface area (Å²) in [5.41, 5.74) is 8.26. The number of benzene rings is 3. The van der Waals surface area contributed by atoms with E-state index in [0.29, 0.717) is 30.9 Å². The van der Waals surface area contributed by atoms with Crippen LogP contribution in [0.5, 0.6) is 5.75 Å². The van der Waals surface area contributed by atoms with Crippen LogP contribution in [-0.4, -0.2) is 136 Å². The van der Waals surface area contributed by atoms with E-state index in [1.807, 2.05) is 107 Å². The van der Waals surface area contributed by atoms with Crippen LogP contribution in [0.25, 0.3) is 32.8 Å². The van der Waals surface area contributed by atoms with Crippen LogP contribution in [0.1, 0.15) is 44.5 Å². The van der Waals surface area contributed by atoms with Gasteiger partial charge >= 0.3 is 0 Å². The van der Waals surface area contributed by atoms with Gasteiger partial charge in [-0.2, -0.15) is 10.2 Å². The van der Waals surface area contributed by atoms with Gasteiger partial charge in [0.15, 0.2) is 0 Å². The maximum atomic E-state index is 14.4. The van der Waals surface area contributed by atoms with Crippen LogP contribution in [0, 0.1) is 12.3 Å². The van der Waals surface area contributed by atoms with E-state index in [4.69, 9.17) is 0 Å². The van der Waals surface area contributed by atoms with Gasteiger partial charge < -0.3 is 35.5 Å². The fourth-order valence-electron chi connectivity index (χ4n) is 8.22. The van der Waals surface area contributed by atoms with Crippen molar-refractivity contribution < 1.29 is 24.6 Å². The largest absolute Gasteiger partial charge is 0.507 e. The third-order valence-corrected chi connectivity index (χ3v) is 12.6. The van der Waals surface area contributed by atoms with E-state index in [9.17, 15) is 24.6 Å². The van der Waals surface area contributed by atoms with Gasteiger partial charge in [-0.15, -0.1) is 11.3 Å². The number of hydrogen-bond acceptors (Lipinski definition) is 12. The number of phenolic OH excluding ortho intramolecular Hbond substituents is 1. The molecule has 7 rings (SSSR count). The standard InChI is InChI=1S/C47H57N9O5S/c1-30-43(62-29-48-30)33-13-11-32(12-14-33)39(27-53(5)6)50-45(60)40-24-36(57)26-56(40)46(61)44(47(2,3)4)51-42(59)28-54-19-21-55(22-20-54)35-17-15-31(16-18-35)34-23-38(52-49-25-34)37-9-7-8-10-41(37)58/h7-18,23,25,29,36,39-40,44,57-58H,19-22,24,26-28H2,1-6H3,(H,50,60)(H,51,59)/t36-,39?,40?,44-/m1/s1. The Morgan fingerprint density at radius 3 is 2.26 bits per heavy atom. The SMILES string of the molecule is Cc1ncsc1-c1ccc(C(CN(C)C)NC(=O)C2C[C@@H](O)CN2C(=O)[C@@H](NC(=O)CN2CCN(c3ccc(-c4cnnc(-c5ccccc5O)c4)cc3)CC2)C(C)(C)C)cc1. The van der Waals surface area contributed by atoms with Crippen molar-refractivity contribution in [3.8, 4) is 38.6 Å². The second kappa shape index (κ2) is 19.1. The highest BCUT2D eigenvalue weighted by Crippen LogP contribution is 2.32. The Labute approximate surface area is 367 Å². The third kappa shape index (κ3) is 10.5. The van der Waals surface area contributed by atoms with Gasteiger partial charge in [0, 0.05) is 62.5 Å². The van der Waals surface area contributed by atoms with Gasteiger partial charge in [-0.05, 0) is 73.5 Å². The fourth-order valence-corrected chi connectivity index (χ4v) is 9.03. The summed E-state index contributed by atoms with van der Waals surface area (Å²) in [6.45, 7) is 11.1. The number of carbonyl (C=O) groups is 3. The van der Waals surface area contributed by atoms with Crippen molar-refractivity contribution in [2.45, 2.75) is 58.3 Å². The van der Waals surface area contributed by atoms with Crippen molar-refractivity contribution >= 4 is 34.7 Å². The number of hydrogen-bond donors (Lipinski definition) is 4. The Hall–Kier alpha value is -5.74. The number of likely N-dealkylation sites (tertiary alicyclic amines) is 1. The minimum atomic E-state index is -0.916. The topological polar surface area (TPSA) is 167 Å². The van der Waals surface area contributed by atoms with Gasteiger partial charge in [0.2, 0.25) is 17.7 Å². The Balaban J connectivity index is 0.948. The number of amides is 3. The van der Waals surface area contributed by atoms with E-state index in [-0.39, 0.29) is 49.0 Å². The second-order valence-corrected chi connectivity index (χ2v) is 18.5. The number of carbonyl (C=O) groups excluding carboxylic acids is 3. The summed E-state index contributed by atoms with van der Waals surface area (Å²) < 4.78 is 0. The van der Waals surface area contributed by atoms with Gasteiger partial charge in [-0.25, -0.2) is 4.98 Å². The molecule has 4 N–H and O–H groups in total. The number of nitrogens with one attached hydrogen (secondary N) is 2. The van der Waals surface area contributed by atoms with E-state index in [0.717, 1.165) is 51.6 Å². The predicted molar refractivity (Wildman–Crippen MR) is 242 cm³/mol.